The number of carbonyl (C=O) groups is 2. The molecular weight excluding hydrogens is 222 g/mol. The van der Waals surface area contributed by atoms with Crippen LogP contribution in [0.1, 0.15) is 26.3 Å². The van der Waals surface area contributed by atoms with Crippen LogP contribution in [-0.4, -0.2) is 28.6 Å². The molecule has 6 heteroatoms. The normalized spacial score (nSPS) is 10.4. The van der Waals surface area contributed by atoms with E-state index < -0.39 is 30.3 Å². The summed E-state index contributed by atoms with van der Waals surface area (Å²) in [6, 6.07) is 3.08. The maximum absolute atomic E-state index is 12.1. The molecule has 0 saturated heterocycles. The van der Waals surface area contributed by atoms with Crippen molar-refractivity contribution in [2.75, 3.05) is 0 Å². The Morgan fingerprint density at radius 2 is 1.81 bits per heavy atom. The molecule has 0 amide bonds. The van der Waals surface area contributed by atoms with Gasteiger partial charge < -0.3 is 10.2 Å². The second kappa shape index (κ2) is 4.69. The lowest BCUT2D eigenvalue weighted by molar-refractivity contribution is 0.0694. The molecule has 1 aromatic carbocycles. The summed E-state index contributed by atoms with van der Waals surface area (Å²) in [6.45, 7) is 0. The first-order chi connectivity index (χ1) is 7.41. The molecule has 0 atom stereocenters. The highest BCUT2D eigenvalue weighted by Crippen LogP contribution is 2.16. The molecule has 0 radical (unpaired) electrons. The minimum Gasteiger partial charge on any atom is -0.478 e. The molecule has 0 heterocycles. The molecule has 16 heavy (non-hydrogen) atoms. The molecule has 0 aliphatic carbocycles. The average molecular weight is 230 g/mol. The first-order valence-corrected chi connectivity index (χ1v) is 4.29. The summed E-state index contributed by atoms with van der Waals surface area (Å²) in [6.07, 6.45) is -3.38. The van der Waals surface area contributed by atoms with Crippen LogP contribution in [0.2, 0.25) is 0 Å². The van der Waals surface area contributed by atoms with E-state index in [0.29, 0.717) is 0 Å². The minimum atomic E-state index is -2.67. The molecule has 0 aliphatic rings. The molecule has 0 fully saturated rings. The fraction of sp³-hybridized carbons (Fsp3) is 0.200. The summed E-state index contributed by atoms with van der Waals surface area (Å²) in [5, 5.41) is 17.4. The zero-order valence-corrected chi connectivity index (χ0v) is 7.98. The third-order valence-electron chi connectivity index (χ3n) is 1.96. The number of hydrogen-bond donors (Lipinski definition) is 2. The van der Waals surface area contributed by atoms with Crippen LogP contribution in [0.3, 0.4) is 0 Å². The van der Waals surface area contributed by atoms with Gasteiger partial charge in [-0.1, -0.05) is 6.07 Å². The molecule has 0 aromatic heterocycles. The second-order valence-electron chi connectivity index (χ2n) is 3.08. The van der Waals surface area contributed by atoms with Crippen LogP contribution in [0.25, 0.3) is 0 Å². The van der Waals surface area contributed by atoms with Crippen molar-refractivity contribution in [3.63, 3.8) is 0 Å². The second-order valence-corrected chi connectivity index (χ2v) is 3.08. The smallest absolute Gasteiger partial charge is 0.335 e. The first-order valence-electron chi connectivity index (χ1n) is 4.29. The van der Waals surface area contributed by atoms with Gasteiger partial charge in [0.25, 0.3) is 0 Å². The Balaban J connectivity index is 3.19. The maximum atomic E-state index is 12.1. The van der Waals surface area contributed by atoms with Crippen molar-refractivity contribution < 1.29 is 28.6 Å². The average Bonchev–Trinajstić information content (AvgIpc) is 2.16. The van der Waals surface area contributed by atoms with Crippen LogP contribution in [0.4, 0.5) is 8.78 Å². The molecule has 1 aromatic rings. The van der Waals surface area contributed by atoms with Crippen LogP contribution in [0, 0.1) is 0 Å². The van der Waals surface area contributed by atoms with E-state index in [1.165, 1.54) is 0 Å². The van der Waals surface area contributed by atoms with Crippen LogP contribution in [-0.2, 0) is 6.42 Å². The Morgan fingerprint density at radius 3 is 2.25 bits per heavy atom. The van der Waals surface area contributed by atoms with Crippen molar-refractivity contribution in [1.82, 2.24) is 0 Å². The van der Waals surface area contributed by atoms with E-state index in [2.05, 4.69) is 0 Å². The Labute approximate surface area is 89.1 Å². The number of rotatable bonds is 4. The molecule has 0 unspecified atom stereocenters. The predicted octanol–water partition coefficient (Wildman–Crippen LogP) is 1.89. The van der Waals surface area contributed by atoms with Crippen LogP contribution < -0.4 is 0 Å². The van der Waals surface area contributed by atoms with Gasteiger partial charge in [0.2, 0.25) is 6.43 Å². The number of aromatic carboxylic acids is 2. The van der Waals surface area contributed by atoms with Gasteiger partial charge in [0.1, 0.15) is 0 Å². The Hall–Kier alpha value is -1.98. The number of benzene rings is 1. The van der Waals surface area contributed by atoms with Crippen LogP contribution in [0.5, 0.6) is 0 Å². The number of halogens is 2. The van der Waals surface area contributed by atoms with E-state index in [9.17, 15) is 18.4 Å². The van der Waals surface area contributed by atoms with E-state index in [1.54, 1.807) is 0 Å². The van der Waals surface area contributed by atoms with Gasteiger partial charge in [0, 0.05) is 6.42 Å². The predicted molar refractivity (Wildman–Crippen MR) is 50.1 cm³/mol. The largest absolute Gasteiger partial charge is 0.478 e. The van der Waals surface area contributed by atoms with Gasteiger partial charge in [-0.15, -0.1) is 0 Å². The molecule has 0 spiro atoms. The molecule has 0 aliphatic heterocycles. The van der Waals surface area contributed by atoms with Crippen molar-refractivity contribution in [3.8, 4) is 0 Å². The van der Waals surface area contributed by atoms with E-state index in [0.717, 1.165) is 18.2 Å². The van der Waals surface area contributed by atoms with E-state index in [4.69, 9.17) is 10.2 Å². The highest BCUT2D eigenvalue weighted by Gasteiger charge is 2.16. The number of carboxylic acids is 2. The monoisotopic (exact) mass is 230 g/mol. The SMILES string of the molecule is O=C(O)c1ccc(CC(F)F)c(C(=O)O)c1. The highest BCUT2D eigenvalue weighted by molar-refractivity contribution is 5.94. The third kappa shape index (κ3) is 2.75. The van der Waals surface area contributed by atoms with E-state index >= 15 is 0 Å². The lowest BCUT2D eigenvalue weighted by Crippen LogP contribution is -2.09. The zero-order chi connectivity index (χ0) is 12.3. The van der Waals surface area contributed by atoms with Gasteiger partial charge >= 0.3 is 11.9 Å². The molecular formula is C10H8F2O4. The Morgan fingerprint density at radius 1 is 1.19 bits per heavy atom. The molecule has 86 valence electrons. The van der Waals surface area contributed by atoms with E-state index in [-0.39, 0.29) is 11.1 Å². The van der Waals surface area contributed by atoms with Crippen molar-refractivity contribution in [3.05, 3.63) is 34.9 Å². The van der Waals surface area contributed by atoms with Gasteiger partial charge in [-0.2, -0.15) is 0 Å². The minimum absolute atomic E-state index is 0.0764. The van der Waals surface area contributed by atoms with Gasteiger partial charge in [-0.25, -0.2) is 18.4 Å². The molecule has 1 rings (SSSR count). The lowest BCUT2D eigenvalue weighted by Gasteiger charge is -2.06. The number of hydrogen-bond acceptors (Lipinski definition) is 2. The summed E-state index contributed by atoms with van der Waals surface area (Å²) in [7, 11) is 0. The molecule has 4 nitrogen and oxygen atoms in total. The summed E-state index contributed by atoms with van der Waals surface area (Å²) in [5.74, 6) is -2.72. The van der Waals surface area contributed by atoms with Gasteiger partial charge in [0.05, 0.1) is 11.1 Å². The topological polar surface area (TPSA) is 74.6 Å². The lowest BCUT2D eigenvalue weighted by atomic mass is 10.0. The van der Waals surface area contributed by atoms with Crippen LogP contribution in [0.15, 0.2) is 18.2 Å². The van der Waals surface area contributed by atoms with Crippen molar-refractivity contribution in [1.29, 1.82) is 0 Å². The summed E-state index contributed by atoms with van der Waals surface area (Å²) in [4.78, 5) is 21.3. The maximum Gasteiger partial charge on any atom is 0.335 e. The zero-order valence-electron chi connectivity index (χ0n) is 7.98. The Kier molecular flexibility index (Phi) is 3.55. The summed E-state index contributed by atoms with van der Waals surface area (Å²) < 4.78 is 24.2. The van der Waals surface area contributed by atoms with Gasteiger partial charge in [-0.05, 0) is 17.7 Å². The van der Waals surface area contributed by atoms with Crippen molar-refractivity contribution >= 4 is 11.9 Å². The van der Waals surface area contributed by atoms with Crippen LogP contribution >= 0.6 is 0 Å². The van der Waals surface area contributed by atoms with Gasteiger partial charge in [-0.3, -0.25) is 0 Å². The highest BCUT2D eigenvalue weighted by atomic mass is 19.3. The van der Waals surface area contributed by atoms with Crippen molar-refractivity contribution in [2.45, 2.75) is 12.8 Å². The number of carboxylic acid groups (broad SMARTS) is 2. The third-order valence-corrected chi connectivity index (χ3v) is 1.96. The fourth-order valence-corrected chi connectivity index (χ4v) is 1.25. The standard InChI is InChI=1S/C10H8F2O4/c11-8(12)4-5-1-2-6(9(13)14)3-7(5)10(15)16/h1-3,8H,4H2,(H,13,14)(H,15,16). The van der Waals surface area contributed by atoms with E-state index in [1.807, 2.05) is 0 Å². The fourth-order valence-electron chi connectivity index (χ4n) is 1.25. The summed E-state index contributed by atoms with van der Waals surface area (Å²) in [5.41, 5.74) is -0.719. The molecule has 2 N–H and O–H groups in total. The quantitative estimate of drug-likeness (QED) is 0.828. The number of alkyl halides is 2. The Bertz CT molecular complexity index is 429. The molecule has 0 bridgehead atoms. The van der Waals surface area contributed by atoms with Gasteiger partial charge in [0.15, 0.2) is 0 Å². The first kappa shape index (κ1) is 12.1. The molecule has 0 saturated carbocycles. The van der Waals surface area contributed by atoms with Crippen molar-refractivity contribution in [2.24, 2.45) is 0 Å². The summed E-state index contributed by atoms with van der Waals surface area (Å²) >= 11 is 0.